The maximum atomic E-state index is 10.6. The Morgan fingerprint density at radius 3 is 2.22 bits per heavy atom. The third-order valence-corrected chi connectivity index (χ3v) is 1.48. The van der Waals surface area contributed by atoms with Gasteiger partial charge in [0.25, 0.3) is 0 Å². The van der Waals surface area contributed by atoms with Crippen LogP contribution in [0.1, 0.15) is 13.8 Å². The molecule has 1 unspecified atom stereocenters. The Morgan fingerprint density at radius 1 is 1.67 bits per heavy atom. The van der Waals surface area contributed by atoms with Crippen molar-refractivity contribution in [3.05, 3.63) is 0 Å². The fourth-order valence-electron chi connectivity index (χ4n) is 0.326. The van der Waals surface area contributed by atoms with E-state index in [1.54, 1.807) is 0 Å². The summed E-state index contributed by atoms with van der Waals surface area (Å²) in [7, 11) is -2.47. The van der Waals surface area contributed by atoms with E-state index in [-0.39, 0.29) is 0 Å². The van der Waals surface area contributed by atoms with Gasteiger partial charge in [0.2, 0.25) is 0 Å². The number of rotatable bonds is 3. The summed E-state index contributed by atoms with van der Waals surface area (Å²) in [4.78, 5) is 0. The number of nitrogens with one attached hydrogen (secondary N) is 2. The minimum Gasteiger partial charge on any atom is -0.241 e. The molecule has 0 aliphatic carbocycles. The third-order valence-electron chi connectivity index (χ3n) is 0.767. The Kier molecular flexibility index (Phi) is 3.14. The van der Waals surface area contributed by atoms with Crippen molar-refractivity contribution in [3.8, 4) is 0 Å². The molecule has 0 saturated carbocycles. The number of hydrogen-bond acceptors (Lipinski definition) is 2. The first-order valence-electron chi connectivity index (χ1n) is 2.90. The first-order valence-corrected chi connectivity index (χ1v) is 4.87. The second-order valence-electron chi connectivity index (χ2n) is 2.59. The van der Waals surface area contributed by atoms with Crippen LogP contribution in [0.2, 0.25) is 0 Å². The van der Waals surface area contributed by atoms with Gasteiger partial charge in [-0.3, -0.25) is 0 Å². The highest BCUT2D eigenvalue weighted by Gasteiger charge is 1.96. The molecule has 0 saturated heterocycles. The molecule has 0 spiro atoms. The molecule has 0 radical (unpaired) electrons. The maximum Gasteiger partial charge on any atom is 0.102 e. The van der Waals surface area contributed by atoms with Gasteiger partial charge in [0.1, 0.15) is 9.92 Å². The lowest BCUT2D eigenvalue weighted by Crippen LogP contribution is -2.24. The summed E-state index contributed by atoms with van der Waals surface area (Å²) in [6.45, 7) is 4.68. The highest BCUT2D eigenvalue weighted by Crippen LogP contribution is 1.88. The molecule has 0 aromatic heterocycles. The van der Waals surface area contributed by atoms with Crippen LogP contribution in [0.3, 0.4) is 0 Å². The van der Waals surface area contributed by atoms with Crippen molar-refractivity contribution in [2.24, 2.45) is 5.92 Å². The Morgan fingerprint density at radius 2 is 2.11 bits per heavy atom. The van der Waals surface area contributed by atoms with Gasteiger partial charge in [0, 0.05) is 12.8 Å². The molecule has 0 fully saturated rings. The van der Waals surface area contributed by atoms with Crippen LogP contribution in [0.4, 0.5) is 0 Å². The van der Waals surface area contributed by atoms with Crippen LogP contribution >= 0.6 is 0 Å². The molecule has 0 aromatic carbocycles. The second-order valence-corrected chi connectivity index (χ2v) is 4.56. The lowest BCUT2D eigenvalue weighted by Gasteiger charge is -2.05. The Labute approximate surface area is 57.0 Å². The van der Waals surface area contributed by atoms with E-state index in [2.05, 4.69) is 4.72 Å². The molecule has 9 heavy (non-hydrogen) atoms. The average Bonchev–Trinajstić information content (AvgIpc) is 1.59. The smallest absolute Gasteiger partial charge is 0.102 e. The molecule has 1 atom stereocenters. The Balaban J connectivity index is 3.53. The summed E-state index contributed by atoms with van der Waals surface area (Å²) in [5, 5.41) is 0. The first kappa shape index (κ1) is 8.91. The predicted octanol–water partition coefficient (Wildman–Crippen LogP) is 0.824. The van der Waals surface area contributed by atoms with Crippen LogP contribution in [0.25, 0.3) is 0 Å². The molecule has 0 rings (SSSR count). The molecule has 0 aromatic rings. The van der Waals surface area contributed by atoms with E-state index in [1.807, 2.05) is 13.8 Å². The molecular formula is C5H14N2OS. The van der Waals surface area contributed by atoms with Crippen molar-refractivity contribution >= 4 is 9.92 Å². The van der Waals surface area contributed by atoms with E-state index in [1.165, 1.54) is 6.26 Å². The van der Waals surface area contributed by atoms with E-state index in [0.29, 0.717) is 12.5 Å². The van der Waals surface area contributed by atoms with Crippen molar-refractivity contribution in [3.63, 3.8) is 0 Å². The molecule has 0 bridgehead atoms. The van der Waals surface area contributed by atoms with Crippen LogP contribution in [-0.2, 0) is 9.92 Å². The largest absolute Gasteiger partial charge is 0.241 e. The molecule has 0 aliphatic rings. The molecule has 0 heterocycles. The van der Waals surface area contributed by atoms with Gasteiger partial charge in [0.05, 0.1) is 0 Å². The summed E-state index contributed by atoms with van der Waals surface area (Å²) in [5.41, 5.74) is 0. The highest BCUT2D eigenvalue weighted by atomic mass is 32.2. The molecule has 3 nitrogen and oxygen atoms in total. The lowest BCUT2D eigenvalue weighted by molar-refractivity contribution is 0.613. The van der Waals surface area contributed by atoms with Crippen molar-refractivity contribution in [2.75, 3.05) is 12.8 Å². The fraction of sp³-hybridized carbons (Fsp3) is 1.00. The second kappa shape index (κ2) is 3.17. The zero-order valence-electron chi connectivity index (χ0n) is 6.10. The zero-order chi connectivity index (χ0) is 7.49. The summed E-state index contributed by atoms with van der Waals surface area (Å²) in [5.74, 6) is 0.455. The van der Waals surface area contributed by atoms with Crippen molar-refractivity contribution in [1.29, 1.82) is 4.78 Å². The van der Waals surface area contributed by atoms with Gasteiger partial charge >= 0.3 is 0 Å². The molecule has 56 valence electrons. The molecule has 2 N–H and O–H groups in total. The van der Waals surface area contributed by atoms with Gasteiger partial charge in [-0.25, -0.2) is 13.7 Å². The Hall–Kier alpha value is -0.0900. The van der Waals surface area contributed by atoms with E-state index < -0.39 is 9.92 Å². The highest BCUT2D eigenvalue weighted by molar-refractivity contribution is 7.89. The van der Waals surface area contributed by atoms with Crippen LogP contribution < -0.4 is 4.72 Å². The molecule has 0 amide bonds. The fourth-order valence-corrected chi connectivity index (χ4v) is 0.977. The summed E-state index contributed by atoms with van der Waals surface area (Å²) >= 11 is 0. The minimum absolute atomic E-state index is 0.455. The standard InChI is InChI=1S/C5H14N2OS/c1-5(2)4-7-9(3,6)8/h5H,4H2,1-3H3,(H2,6,7,8). The van der Waals surface area contributed by atoms with Crippen LogP contribution in [0.15, 0.2) is 0 Å². The van der Waals surface area contributed by atoms with Crippen LogP contribution in [-0.4, -0.2) is 17.0 Å². The topological polar surface area (TPSA) is 53.0 Å². The van der Waals surface area contributed by atoms with E-state index >= 15 is 0 Å². The summed E-state index contributed by atoms with van der Waals surface area (Å²) in [6, 6.07) is 0. The van der Waals surface area contributed by atoms with Gasteiger partial charge in [0.15, 0.2) is 0 Å². The monoisotopic (exact) mass is 150 g/mol. The quantitative estimate of drug-likeness (QED) is 0.615. The van der Waals surface area contributed by atoms with E-state index in [4.69, 9.17) is 4.78 Å². The summed E-state index contributed by atoms with van der Waals surface area (Å²) < 4.78 is 20.2. The maximum absolute atomic E-state index is 10.6. The molecular weight excluding hydrogens is 136 g/mol. The van der Waals surface area contributed by atoms with E-state index in [0.717, 1.165) is 0 Å². The lowest BCUT2D eigenvalue weighted by atomic mass is 10.2. The normalized spacial score (nSPS) is 17.8. The van der Waals surface area contributed by atoms with Crippen molar-refractivity contribution < 1.29 is 4.21 Å². The van der Waals surface area contributed by atoms with Gasteiger partial charge in [-0.15, -0.1) is 0 Å². The first-order chi connectivity index (χ1) is 3.92. The van der Waals surface area contributed by atoms with Crippen molar-refractivity contribution in [1.82, 2.24) is 4.72 Å². The van der Waals surface area contributed by atoms with Crippen LogP contribution in [0.5, 0.6) is 0 Å². The van der Waals surface area contributed by atoms with Gasteiger partial charge in [-0.2, -0.15) is 0 Å². The van der Waals surface area contributed by atoms with Gasteiger partial charge < -0.3 is 0 Å². The zero-order valence-corrected chi connectivity index (χ0v) is 6.92. The van der Waals surface area contributed by atoms with E-state index in [9.17, 15) is 4.21 Å². The Bertz CT molecular complexity index is 160. The minimum atomic E-state index is -2.47. The molecule has 4 heteroatoms. The predicted molar refractivity (Wildman–Crippen MR) is 39.6 cm³/mol. The van der Waals surface area contributed by atoms with Crippen molar-refractivity contribution in [2.45, 2.75) is 13.8 Å². The molecule has 0 aliphatic heterocycles. The third kappa shape index (κ3) is 7.91. The SMILES string of the molecule is CC(C)CNS(C)(=N)=O. The van der Waals surface area contributed by atoms with Gasteiger partial charge in [-0.05, 0) is 5.92 Å². The summed E-state index contributed by atoms with van der Waals surface area (Å²) in [6.07, 6.45) is 1.38. The number of hydrogen-bond donors (Lipinski definition) is 2. The average molecular weight is 150 g/mol. The van der Waals surface area contributed by atoms with Crippen LogP contribution in [0, 0.1) is 10.7 Å². The van der Waals surface area contributed by atoms with Gasteiger partial charge in [-0.1, -0.05) is 13.8 Å².